The highest BCUT2D eigenvalue weighted by Gasteiger charge is 2.01. The molecule has 0 heterocycles. The van der Waals surface area contributed by atoms with Crippen LogP contribution in [0.3, 0.4) is 0 Å². The fourth-order valence-electron chi connectivity index (χ4n) is 1.46. The minimum Gasteiger partial charge on any atom is -0.457 e. The Morgan fingerprint density at radius 3 is 1.39 bits per heavy atom. The van der Waals surface area contributed by atoms with Gasteiger partial charge in [-0.2, -0.15) is 0 Å². The molecule has 2 aromatic rings. The van der Waals surface area contributed by atoms with Gasteiger partial charge < -0.3 is 4.74 Å². The molecule has 0 aliphatic carbocycles. The van der Waals surface area contributed by atoms with Crippen LogP contribution in [-0.4, -0.2) is 0 Å². The van der Waals surface area contributed by atoms with E-state index in [1.54, 1.807) is 0 Å². The van der Waals surface area contributed by atoms with Crippen LogP contribution in [-0.2, 0) is 0 Å². The summed E-state index contributed by atoms with van der Waals surface area (Å²) in [5.74, 6) is 1.85. The number of benzene rings is 2. The standard InChI is InChI=1S/C14H14O.C3H8/c1-11-7-3-5-9-13(11)15-14-10-6-4-8-12(14)2;1-3-2/h3-10H,1-2H3;3H2,1-2H3. The van der Waals surface area contributed by atoms with Gasteiger partial charge in [0, 0.05) is 0 Å². The summed E-state index contributed by atoms with van der Waals surface area (Å²) in [5.41, 5.74) is 2.31. The van der Waals surface area contributed by atoms with Crippen LogP contribution in [0.5, 0.6) is 11.5 Å². The molecular formula is C17H22O. The Balaban J connectivity index is 0.000000492. The van der Waals surface area contributed by atoms with Crippen LogP contribution in [0.2, 0.25) is 0 Å². The van der Waals surface area contributed by atoms with Gasteiger partial charge in [0.05, 0.1) is 0 Å². The van der Waals surface area contributed by atoms with E-state index in [2.05, 4.69) is 13.8 Å². The fourth-order valence-corrected chi connectivity index (χ4v) is 1.46. The van der Waals surface area contributed by atoms with Gasteiger partial charge in [-0.25, -0.2) is 0 Å². The number of ether oxygens (including phenoxy) is 1. The summed E-state index contributed by atoms with van der Waals surface area (Å²) in [7, 11) is 0. The van der Waals surface area contributed by atoms with E-state index in [1.807, 2.05) is 62.4 Å². The molecule has 18 heavy (non-hydrogen) atoms. The average molecular weight is 242 g/mol. The fraction of sp³-hybridized carbons (Fsp3) is 0.294. The molecule has 0 saturated carbocycles. The molecule has 0 aliphatic heterocycles. The van der Waals surface area contributed by atoms with E-state index in [0.717, 1.165) is 22.6 Å². The molecule has 1 nitrogen and oxygen atoms in total. The molecule has 0 N–H and O–H groups in total. The van der Waals surface area contributed by atoms with Gasteiger partial charge in [-0.1, -0.05) is 56.7 Å². The maximum absolute atomic E-state index is 5.84. The number of aryl methyl sites for hydroxylation is 2. The van der Waals surface area contributed by atoms with Crippen molar-refractivity contribution in [3.05, 3.63) is 59.7 Å². The van der Waals surface area contributed by atoms with Crippen LogP contribution >= 0.6 is 0 Å². The Bertz CT molecular complexity index is 431. The lowest BCUT2D eigenvalue weighted by Crippen LogP contribution is -1.88. The van der Waals surface area contributed by atoms with E-state index in [4.69, 9.17) is 4.74 Å². The number of hydrogen-bond acceptors (Lipinski definition) is 1. The van der Waals surface area contributed by atoms with Crippen LogP contribution in [0.4, 0.5) is 0 Å². The summed E-state index contributed by atoms with van der Waals surface area (Å²) in [6.45, 7) is 8.35. The molecule has 2 aromatic carbocycles. The molecule has 0 radical (unpaired) electrons. The first-order valence-electron chi connectivity index (χ1n) is 6.48. The maximum Gasteiger partial charge on any atom is 0.130 e. The van der Waals surface area contributed by atoms with Gasteiger partial charge in [-0.15, -0.1) is 0 Å². The van der Waals surface area contributed by atoms with Crippen molar-refractivity contribution in [2.24, 2.45) is 0 Å². The van der Waals surface area contributed by atoms with E-state index < -0.39 is 0 Å². The van der Waals surface area contributed by atoms with E-state index in [1.165, 1.54) is 6.42 Å². The molecule has 0 saturated heterocycles. The van der Waals surface area contributed by atoms with Gasteiger partial charge >= 0.3 is 0 Å². The van der Waals surface area contributed by atoms with Crippen LogP contribution < -0.4 is 4.74 Å². The summed E-state index contributed by atoms with van der Waals surface area (Å²) in [6.07, 6.45) is 1.25. The maximum atomic E-state index is 5.84. The SMILES string of the molecule is CCC.Cc1ccccc1Oc1ccccc1C. The Kier molecular flexibility index (Phi) is 5.99. The van der Waals surface area contributed by atoms with Gasteiger partial charge in [-0.3, -0.25) is 0 Å². The zero-order valence-electron chi connectivity index (χ0n) is 11.7. The van der Waals surface area contributed by atoms with Crippen molar-refractivity contribution in [3.63, 3.8) is 0 Å². The van der Waals surface area contributed by atoms with Gasteiger partial charge in [-0.05, 0) is 37.1 Å². The summed E-state index contributed by atoms with van der Waals surface area (Å²) < 4.78 is 5.84. The normalized spacial score (nSPS) is 9.33. The third kappa shape index (κ3) is 4.25. The predicted octanol–water partition coefficient (Wildman–Crippen LogP) is 5.51. The molecule has 2 rings (SSSR count). The van der Waals surface area contributed by atoms with Crippen LogP contribution in [0.1, 0.15) is 31.4 Å². The van der Waals surface area contributed by atoms with Gasteiger partial charge in [0.2, 0.25) is 0 Å². The van der Waals surface area contributed by atoms with Crippen molar-refractivity contribution in [2.45, 2.75) is 34.1 Å². The quantitative estimate of drug-likeness (QED) is 0.674. The number of hydrogen-bond donors (Lipinski definition) is 0. The molecule has 0 bridgehead atoms. The monoisotopic (exact) mass is 242 g/mol. The lowest BCUT2D eigenvalue weighted by molar-refractivity contribution is 0.475. The highest BCUT2D eigenvalue weighted by atomic mass is 16.5. The number of rotatable bonds is 2. The molecule has 0 atom stereocenters. The van der Waals surface area contributed by atoms with Crippen molar-refractivity contribution in [3.8, 4) is 11.5 Å². The lowest BCUT2D eigenvalue weighted by Gasteiger charge is -2.10. The smallest absolute Gasteiger partial charge is 0.130 e. The van der Waals surface area contributed by atoms with Gasteiger partial charge in [0.1, 0.15) is 11.5 Å². The lowest BCUT2D eigenvalue weighted by atomic mass is 10.2. The van der Waals surface area contributed by atoms with E-state index in [0.29, 0.717) is 0 Å². The Morgan fingerprint density at radius 1 is 0.722 bits per heavy atom. The number of para-hydroxylation sites is 2. The molecule has 1 heteroatoms. The van der Waals surface area contributed by atoms with Gasteiger partial charge in [0.15, 0.2) is 0 Å². The predicted molar refractivity (Wildman–Crippen MR) is 78.4 cm³/mol. The topological polar surface area (TPSA) is 9.23 Å². The zero-order valence-corrected chi connectivity index (χ0v) is 11.7. The minimum absolute atomic E-state index is 0.923. The van der Waals surface area contributed by atoms with Crippen LogP contribution in [0, 0.1) is 13.8 Å². The third-order valence-corrected chi connectivity index (χ3v) is 2.41. The van der Waals surface area contributed by atoms with Crippen molar-refractivity contribution in [1.82, 2.24) is 0 Å². The molecule has 0 aromatic heterocycles. The highest BCUT2D eigenvalue weighted by molar-refractivity contribution is 5.40. The summed E-state index contributed by atoms with van der Waals surface area (Å²) in [6, 6.07) is 16.1. The second-order valence-corrected chi connectivity index (χ2v) is 4.34. The molecule has 0 aliphatic rings. The Morgan fingerprint density at radius 2 is 1.06 bits per heavy atom. The zero-order chi connectivity index (χ0) is 13.4. The molecule has 0 spiro atoms. The van der Waals surface area contributed by atoms with Crippen molar-refractivity contribution in [1.29, 1.82) is 0 Å². The third-order valence-electron chi connectivity index (χ3n) is 2.41. The van der Waals surface area contributed by atoms with Crippen LogP contribution in [0.25, 0.3) is 0 Å². The first-order chi connectivity index (χ1) is 8.69. The Labute approximate surface area is 110 Å². The summed E-state index contributed by atoms with van der Waals surface area (Å²) in [5, 5.41) is 0. The van der Waals surface area contributed by atoms with E-state index in [-0.39, 0.29) is 0 Å². The molecule has 0 amide bonds. The average Bonchev–Trinajstić information content (AvgIpc) is 2.36. The van der Waals surface area contributed by atoms with E-state index in [9.17, 15) is 0 Å². The summed E-state index contributed by atoms with van der Waals surface area (Å²) >= 11 is 0. The second kappa shape index (κ2) is 7.54. The van der Waals surface area contributed by atoms with Crippen molar-refractivity contribution >= 4 is 0 Å². The largest absolute Gasteiger partial charge is 0.457 e. The van der Waals surface area contributed by atoms with Crippen molar-refractivity contribution < 1.29 is 4.74 Å². The van der Waals surface area contributed by atoms with Crippen LogP contribution in [0.15, 0.2) is 48.5 Å². The summed E-state index contributed by atoms with van der Waals surface area (Å²) in [4.78, 5) is 0. The molecule has 96 valence electrons. The highest BCUT2D eigenvalue weighted by Crippen LogP contribution is 2.26. The first-order valence-corrected chi connectivity index (χ1v) is 6.48. The van der Waals surface area contributed by atoms with E-state index >= 15 is 0 Å². The van der Waals surface area contributed by atoms with Crippen molar-refractivity contribution in [2.75, 3.05) is 0 Å². The molecule has 0 unspecified atom stereocenters. The minimum atomic E-state index is 0.923. The van der Waals surface area contributed by atoms with Gasteiger partial charge in [0.25, 0.3) is 0 Å². The Hall–Kier alpha value is -1.76. The first kappa shape index (κ1) is 14.3. The second-order valence-electron chi connectivity index (χ2n) is 4.34. The molecular weight excluding hydrogens is 220 g/mol. The molecule has 0 fully saturated rings.